The summed E-state index contributed by atoms with van der Waals surface area (Å²) in [7, 11) is 6.63. The molecular formula is C56H61BrO10. The Morgan fingerprint density at radius 2 is 1.00 bits per heavy atom. The van der Waals surface area contributed by atoms with E-state index in [9.17, 15) is 9.59 Å². The van der Waals surface area contributed by atoms with Crippen molar-refractivity contribution in [2.24, 2.45) is 5.92 Å². The van der Waals surface area contributed by atoms with E-state index in [-0.39, 0.29) is 23.8 Å². The normalized spacial score (nSPS) is 16.4. The van der Waals surface area contributed by atoms with Gasteiger partial charge in [0, 0.05) is 23.6 Å². The van der Waals surface area contributed by atoms with Crippen LogP contribution in [0.1, 0.15) is 75.6 Å². The van der Waals surface area contributed by atoms with Crippen molar-refractivity contribution in [1.29, 1.82) is 0 Å². The summed E-state index contributed by atoms with van der Waals surface area (Å²) in [5, 5.41) is 0.808. The number of aryl methyl sites for hydroxylation is 2. The van der Waals surface area contributed by atoms with Crippen molar-refractivity contribution in [1.82, 2.24) is 0 Å². The van der Waals surface area contributed by atoms with Gasteiger partial charge in [-0.25, -0.2) is 0 Å². The topological polar surface area (TPSA) is 108 Å². The molecule has 2 aliphatic rings. The number of hydrogen-bond donors (Lipinski definition) is 0. The zero-order chi connectivity index (χ0) is 47.5. The number of esters is 2. The highest BCUT2D eigenvalue weighted by Gasteiger charge is 2.32. The van der Waals surface area contributed by atoms with Gasteiger partial charge in [0.2, 0.25) is 0 Å². The van der Waals surface area contributed by atoms with Crippen LogP contribution < -0.4 is 28.4 Å². The van der Waals surface area contributed by atoms with Crippen molar-refractivity contribution in [2.45, 2.75) is 69.9 Å². The molecule has 2 heterocycles. The molecule has 10 nitrogen and oxygen atoms in total. The molecule has 0 aliphatic carbocycles. The summed E-state index contributed by atoms with van der Waals surface area (Å²) in [6, 6.07) is 44.2. The third-order valence-electron chi connectivity index (χ3n) is 11.8. The monoisotopic (exact) mass is 972 g/mol. The van der Waals surface area contributed by atoms with E-state index >= 15 is 0 Å². The van der Waals surface area contributed by atoms with Crippen LogP contribution in [0.4, 0.5) is 0 Å². The van der Waals surface area contributed by atoms with Crippen molar-refractivity contribution < 1.29 is 47.5 Å². The van der Waals surface area contributed by atoms with Crippen LogP contribution in [0.25, 0.3) is 0 Å². The Hall–Kier alpha value is -6.46. The van der Waals surface area contributed by atoms with E-state index in [4.69, 9.17) is 37.9 Å². The second kappa shape index (κ2) is 25.4. The van der Waals surface area contributed by atoms with E-state index in [1.54, 1.807) is 28.4 Å². The van der Waals surface area contributed by atoms with E-state index in [0.717, 1.165) is 69.0 Å². The van der Waals surface area contributed by atoms with Gasteiger partial charge in [-0.2, -0.15) is 0 Å². The molecule has 0 aromatic heterocycles. The molecule has 352 valence electrons. The van der Waals surface area contributed by atoms with E-state index < -0.39 is 0 Å². The molecule has 0 spiro atoms. The minimum Gasteiger partial charge on any atom is -0.496 e. The van der Waals surface area contributed by atoms with Crippen LogP contribution in [0.2, 0.25) is 0 Å². The van der Waals surface area contributed by atoms with Crippen LogP contribution in [0.3, 0.4) is 0 Å². The Kier molecular flexibility index (Phi) is 19.0. The fourth-order valence-electron chi connectivity index (χ4n) is 8.05. The molecule has 2 aliphatic heterocycles. The molecule has 2 fully saturated rings. The number of carbonyl (C=O) groups is 2. The Labute approximate surface area is 403 Å². The minimum atomic E-state index is -0.202. The van der Waals surface area contributed by atoms with Crippen LogP contribution in [0.15, 0.2) is 133 Å². The van der Waals surface area contributed by atoms with Crippen LogP contribution in [0, 0.1) is 19.8 Å². The summed E-state index contributed by atoms with van der Waals surface area (Å²) in [5.41, 5.74) is 9.03. The summed E-state index contributed by atoms with van der Waals surface area (Å²) >= 11 is 3.42. The van der Waals surface area contributed by atoms with E-state index in [1.165, 1.54) is 16.7 Å². The number of alkyl halides is 1. The summed E-state index contributed by atoms with van der Waals surface area (Å²) in [6.07, 6.45) is 2.75. The lowest BCUT2D eigenvalue weighted by Crippen LogP contribution is -2.30. The van der Waals surface area contributed by atoms with Gasteiger partial charge in [0.15, 0.2) is 23.0 Å². The average Bonchev–Trinajstić information content (AvgIpc) is 3.37. The molecule has 1 unspecified atom stereocenters. The lowest BCUT2D eigenvalue weighted by molar-refractivity contribution is -0.154. The second-order valence-corrected chi connectivity index (χ2v) is 17.1. The maximum Gasteiger partial charge on any atom is 0.309 e. The molecule has 0 amide bonds. The molecule has 0 N–H and O–H groups in total. The molecule has 3 atom stereocenters. The van der Waals surface area contributed by atoms with Crippen molar-refractivity contribution in [3.8, 4) is 34.5 Å². The van der Waals surface area contributed by atoms with Crippen LogP contribution in [0.5, 0.6) is 34.5 Å². The SMILES string of the molecule is COc1cc(CBr)ccc1OCc1ccccc1.COc1ccc([C@@H]2CCC(=O)OC2)cc1C.COc1ccc([C@H]2COC(=O)C(Cc3ccc(OCc4ccccc4)c(OC)c3)C2)cc1C. The number of halogens is 1. The quantitative estimate of drug-likeness (QED) is 0.0729. The molecule has 8 rings (SSSR count). The maximum absolute atomic E-state index is 12.5. The van der Waals surface area contributed by atoms with Gasteiger partial charge in [0.25, 0.3) is 0 Å². The number of hydrogen-bond acceptors (Lipinski definition) is 10. The fraction of sp³-hybridized carbons (Fsp3) is 0.321. The van der Waals surface area contributed by atoms with Gasteiger partial charge >= 0.3 is 11.9 Å². The number of carbonyl (C=O) groups excluding carboxylic acids is 2. The molecule has 0 saturated carbocycles. The molecule has 11 heteroatoms. The zero-order valence-corrected chi connectivity index (χ0v) is 40.8. The standard InChI is InChI=1S/C28H30O5.C15H15BrO2.C13H16O3/c1-19-13-22(10-12-25(19)30-2)24-16-23(28(29)33-18-24)14-21-9-11-26(27(15-21)31-3)32-17-20-7-5-4-6-8-20;1-17-15-9-13(10-16)7-8-14(15)18-11-12-5-3-2-4-6-12;1-9-7-10(3-5-12(9)15-2)11-4-6-13(14)16-8-11/h4-13,15,23-24H,14,16-18H2,1-3H3;2-9H,10-11H2,1H3;3,5,7,11H,4,6,8H2,1-2H3/t23?,24-;;11-/m1.1/s1. The molecule has 6 aromatic rings. The number of rotatable bonds is 15. The second-order valence-electron chi connectivity index (χ2n) is 16.5. The summed E-state index contributed by atoms with van der Waals surface area (Å²) in [4.78, 5) is 23.5. The lowest BCUT2D eigenvalue weighted by atomic mass is 9.83. The van der Waals surface area contributed by atoms with E-state index in [1.807, 2.05) is 123 Å². The fourth-order valence-corrected chi connectivity index (χ4v) is 8.40. The lowest BCUT2D eigenvalue weighted by Gasteiger charge is -2.29. The van der Waals surface area contributed by atoms with Crippen molar-refractivity contribution in [3.63, 3.8) is 0 Å². The van der Waals surface area contributed by atoms with Gasteiger partial charge in [0.1, 0.15) is 24.7 Å². The van der Waals surface area contributed by atoms with Gasteiger partial charge in [-0.15, -0.1) is 0 Å². The number of methoxy groups -OCH3 is 4. The largest absolute Gasteiger partial charge is 0.496 e. The summed E-state index contributed by atoms with van der Waals surface area (Å²) in [6.45, 7) is 5.99. The van der Waals surface area contributed by atoms with Gasteiger partial charge in [-0.05, 0) is 114 Å². The van der Waals surface area contributed by atoms with Crippen molar-refractivity contribution >= 4 is 27.9 Å². The van der Waals surface area contributed by atoms with Gasteiger partial charge in [-0.3, -0.25) is 9.59 Å². The highest BCUT2D eigenvalue weighted by atomic mass is 79.9. The minimum absolute atomic E-state index is 0.0820. The Morgan fingerprint density at radius 3 is 1.48 bits per heavy atom. The Morgan fingerprint density at radius 1 is 0.522 bits per heavy atom. The van der Waals surface area contributed by atoms with Crippen molar-refractivity contribution in [3.05, 3.63) is 178 Å². The van der Waals surface area contributed by atoms with Gasteiger partial charge in [0.05, 0.1) is 47.6 Å². The van der Waals surface area contributed by atoms with Crippen LogP contribution in [-0.2, 0) is 44.0 Å². The number of ether oxygens (including phenoxy) is 8. The molecule has 6 aromatic carbocycles. The summed E-state index contributed by atoms with van der Waals surface area (Å²) in [5.74, 6) is 4.73. The zero-order valence-electron chi connectivity index (χ0n) is 39.3. The van der Waals surface area contributed by atoms with Crippen LogP contribution in [-0.4, -0.2) is 53.6 Å². The average molecular weight is 974 g/mol. The van der Waals surface area contributed by atoms with E-state index in [0.29, 0.717) is 56.7 Å². The van der Waals surface area contributed by atoms with E-state index in [2.05, 4.69) is 40.2 Å². The molecule has 67 heavy (non-hydrogen) atoms. The van der Waals surface area contributed by atoms with Gasteiger partial charge < -0.3 is 37.9 Å². The smallest absolute Gasteiger partial charge is 0.309 e. The first kappa shape index (κ1) is 50.0. The molecular weight excluding hydrogens is 913 g/mol. The summed E-state index contributed by atoms with van der Waals surface area (Å²) < 4.78 is 43.9. The highest BCUT2D eigenvalue weighted by Crippen LogP contribution is 2.36. The first-order chi connectivity index (χ1) is 32.6. The first-order valence-electron chi connectivity index (χ1n) is 22.5. The predicted octanol–water partition coefficient (Wildman–Crippen LogP) is 12.1. The molecule has 0 bridgehead atoms. The Balaban J connectivity index is 0.000000183. The molecule has 0 radical (unpaired) electrons. The first-order valence-corrected chi connectivity index (χ1v) is 23.6. The molecule has 2 saturated heterocycles. The third kappa shape index (κ3) is 14.5. The predicted molar refractivity (Wildman–Crippen MR) is 264 cm³/mol. The van der Waals surface area contributed by atoms with Crippen LogP contribution >= 0.6 is 15.9 Å². The number of benzene rings is 6. The number of cyclic esters (lactones) is 2. The Bertz CT molecular complexity index is 2500. The highest BCUT2D eigenvalue weighted by molar-refractivity contribution is 9.08. The van der Waals surface area contributed by atoms with Gasteiger partial charge in [-0.1, -0.05) is 113 Å². The third-order valence-corrected chi connectivity index (χ3v) is 12.5. The van der Waals surface area contributed by atoms with Crippen molar-refractivity contribution in [2.75, 3.05) is 41.7 Å². The maximum atomic E-state index is 12.5.